The van der Waals surface area contributed by atoms with Crippen LogP contribution < -0.4 is 10.1 Å². The summed E-state index contributed by atoms with van der Waals surface area (Å²) in [5.74, 6) is 0.204. The summed E-state index contributed by atoms with van der Waals surface area (Å²) in [7, 11) is 1.58. The lowest BCUT2D eigenvalue weighted by Crippen LogP contribution is -2.49. The zero-order valence-corrected chi connectivity index (χ0v) is 17.5. The molecular formula is C21H25BrN2O3. The molecule has 144 valence electrons. The van der Waals surface area contributed by atoms with Crippen molar-refractivity contribution in [1.29, 1.82) is 0 Å². The van der Waals surface area contributed by atoms with Gasteiger partial charge in [-0.2, -0.15) is 0 Å². The molecule has 5 nitrogen and oxygen atoms in total. The van der Waals surface area contributed by atoms with E-state index in [1.165, 1.54) is 0 Å². The normalized spacial score (nSPS) is 11.6. The van der Waals surface area contributed by atoms with Gasteiger partial charge in [-0.1, -0.05) is 47.1 Å². The van der Waals surface area contributed by atoms with Crippen molar-refractivity contribution in [2.24, 2.45) is 0 Å². The fourth-order valence-electron chi connectivity index (χ4n) is 2.82. The van der Waals surface area contributed by atoms with E-state index in [1.807, 2.05) is 50.2 Å². The van der Waals surface area contributed by atoms with Gasteiger partial charge >= 0.3 is 0 Å². The van der Waals surface area contributed by atoms with Crippen molar-refractivity contribution in [2.45, 2.75) is 32.9 Å². The Hall–Kier alpha value is -2.34. The number of hydrogen-bond acceptors (Lipinski definition) is 3. The van der Waals surface area contributed by atoms with Gasteiger partial charge in [0.05, 0.1) is 0 Å². The van der Waals surface area contributed by atoms with E-state index in [1.54, 1.807) is 24.1 Å². The predicted octanol–water partition coefficient (Wildman–Crippen LogP) is 3.69. The van der Waals surface area contributed by atoms with Crippen molar-refractivity contribution < 1.29 is 14.3 Å². The molecule has 0 aliphatic rings. The number of halogens is 1. The SMILES string of the molecule is CCC(C(=O)NC)N(Cc1ccccc1C)C(=O)COc1ccc(Br)cc1. The molecule has 0 saturated carbocycles. The molecule has 1 N–H and O–H groups in total. The molecule has 27 heavy (non-hydrogen) atoms. The molecule has 0 heterocycles. The minimum atomic E-state index is -0.546. The summed E-state index contributed by atoms with van der Waals surface area (Å²) in [4.78, 5) is 26.9. The summed E-state index contributed by atoms with van der Waals surface area (Å²) in [5, 5.41) is 2.65. The average molecular weight is 433 g/mol. The summed E-state index contributed by atoms with van der Waals surface area (Å²) in [6, 6.07) is 14.6. The zero-order valence-electron chi connectivity index (χ0n) is 15.9. The Labute approximate surface area is 168 Å². The molecule has 0 bridgehead atoms. The Morgan fingerprint density at radius 3 is 2.41 bits per heavy atom. The van der Waals surface area contributed by atoms with Gasteiger partial charge in [-0.25, -0.2) is 0 Å². The van der Waals surface area contributed by atoms with Crippen LogP contribution in [-0.4, -0.2) is 36.4 Å². The minimum Gasteiger partial charge on any atom is -0.484 e. The van der Waals surface area contributed by atoms with Crippen molar-refractivity contribution in [1.82, 2.24) is 10.2 Å². The second-order valence-corrected chi connectivity index (χ2v) is 7.14. The van der Waals surface area contributed by atoms with Crippen LogP contribution in [0.15, 0.2) is 53.0 Å². The van der Waals surface area contributed by atoms with Gasteiger partial charge in [0.1, 0.15) is 11.8 Å². The molecule has 0 aliphatic heterocycles. The number of carbonyl (C=O) groups is 2. The van der Waals surface area contributed by atoms with Crippen molar-refractivity contribution in [3.8, 4) is 5.75 Å². The minimum absolute atomic E-state index is 0.124. The number of aryl methyl sites for hydroxylation is 1. The second-order valence-electron chi connectivity index (χ2n) is 6.23. The van der Waals surface area contributed by atoms with Crippen LogP contribution in [0.4, 0.5) is 0 Å². The van der Waals surface area contributed by atoms with Crippen LogP contribution in [0, 0.1) is 6.92 Å². The van der Waals surface area contributed by atoms with E-state index < -0.39 is 6.04 Å². The number of amides is 2. The topological polar surface area (TPSA) is 58.6 Å². The predicted molar refractivity (Wildman–Crippen MR) is 110 cm³/mol. The van der Waals surface area contributed by atoms with Gasteiger partial charge in [-0.3, -0.25) is 9.59 Å². The van der Waals surface area contributed by atoms with Crippen LogP contribution in [-0.2, 0) is 16.1 Å². The first-order valence-electron chi connectivity index (χ1n) is 8.90. The van der Waals surface area contributed by atoms with E-state index in [9.17, 15) is 9.59 Å². The Kier molecular flexibility index (Phi) is 7.85. The van der Waals surface area contributed by atoms with Gasteiger partial charge in [0.2, 0.25) is 5.91 Å². The average Bonchev–Trinajstić information content (AvgIpc) is 2.68. The number of nitrogens with one attached hydrogen (secondary N) is 1. The lowest BCUT2D eigenvalue weighted by atomic mass is 10.1. The van der Waals surface area contributed by atoms with Gasteiger partial charge in [0.15, 0.2) is 6.61 Å². The molecule has 2 rings (SSSR count). The summed E-state index contributed by atoms with van der Waals surface area (Å²) in [6.07, 6.45) is 0.523. The van der Waals surface area contributed by atoms with Crippen molar-refractivity contribution in [2.75, 3.05) is 13.7 Å². The van der Waals surface area contributed by atoms with Crippen LogP contribution in [0.2, 0.25) is 0 Å². The first kappa shape index (κ1) is 21.0. The van der Waals surface area contributed by atoms with Gasteiger partial charge < -0.3 is 15.0 Å². The number of rotatable bonds is 8. The van der Waals surface area contributed by atoms with E-state index in [0.717, 1.165) is 15.6 Å². The largest absolute Gasteiger partial charge is 0.484 e. The van der Waals surface area contributed by atoms with Crippen LogP contribution in [0.3, 0.4) is 0 Å². The number of likely N-dealkylation sites (N-methyl/N-ethyl adjacent to an activating group) is 1. The first-order chi connectivity index (χ1) is 13.0. The Morgan fingerprint density at radius 1 is 1.15 bits per heavy atom. The molecule has 0 aliphatic carbocycles. The Morgan fingerprint density at radius 2 is 1.81 bits per heavy atom. The maximum absolute atomic E-state index is 12.9. The van der Waals surface area contributed by atoms with Gasteiger partial charge in [0, 0.05) is 18.1 Å². The Bertz CT molecular complexity index is 777. The first-order valence-corrected chi connectivity index (χ1v) is 9.69. The lowest BCUT2D eigenvalue weighted by molar-refractivity contribution is -0.142. The third-order valence-electron chi connectivity index (χ3n) is 4.41. The van der Waals surface area contributed by atoms with Crippen LogP contribution in [0.25, 0.3) is 0 Å². The number of hydrogen-bond donors (Lipinski definition) is 1. The lowest BCUT2D eigenvalue weighted by Gasteiger charge is -2.30. The standard InChI is InChI=1S/C21H25BrN2O3/c1-4-19(21(26)23-3)24(13-16-8-6-5-7-15(16)2)20(25)14-27-18-11-9-17(22)10-12-18/h5-12,19H,4,13-14H2,1-3H3,(H,23,26). The van der Waals surface area contributed by atoms with E-state index in [4.69, 9.17) is 4.74 Å². The van der Waals surface area contributed by atoms with Crippen LogP contribution in [0.5, 0.6) is 5.75 Å². The monoisotopic (exact) mass is 432 g/mol. The maximum atomic E-state index is 12.9. The molecule has 2 aromatic carbocycles. The highest BCUT2D eigenvalue weighted by Crippen LogP contribution is 2.18. The fraction of sp³-hybridized carbons (Fsp3) is 0.333. The number of benzene rings is 2. The molecule has 0 saturated heterocycles. The second kappa shape index (κ2) is 10.1. The number of ether oxygens (including phenoxy) is 1. The highest BCUT2D eigenvalue weighted by molar-refractivity contribution is 9.10. The van der Waals surface area contributed by atoms with E-state index in [-0.39, 0.29) is 18.4 Å². The molecule has 0 aromatic heterocycles. The third-order valence-corrected chi connectivity index (χ3v) is 4.94. The number of nitrogens with zero attached hydrogens (tertiary/aromatic N) is 1. The molecule has 1 atom stereocenters. The smallest absolute Gasteiger partial charge is 0.261 e. The quantitative estimate of drug-likeness (QED) is 0.691. The van der Waals surface area contributed by atoms with Crippen molar-refractivity contribution >= 4 is 27.7 Å². The highest BCUT2D eigenvalue weighted by atomic mass is 79.9. The van der Waals surface area contributed by atoms with E-state index >= 15 is 0 Å². The van der Waals surface area contributed by atoms with Crippen molar-refractivity contribution in [3.05, 3.63) is 64.1 Å². The number of carbonyl (C=O) groups excluding carboxylic acids is 2. The summed E-state index contributed by atoms with van der Waals surface area (Å²) in [5.41, 5.74) is 2.09. The zero-order chi connectivity index (χ0) is 19.8. The summed E-state index contributed by atoms with van der Waals surface area (Å²) in [6.45, 7) is 4.13. The fourth-order valence-corrected chi connectivity index (χ4v) is 3.08. The third kappa shape index (κ3) is 5.82. The summed E-state index contributed by atoms with van der Waals surface area (Å²) < 4.78 is 6.57. The van der Waals surface area contributed by atoms with Crippen molar-refractivity contribution in [3.63, 3.8) is 0 Å². The molecule has 2 amide bonds. The maximum Gasteiger partial charge on any atom is 0.261 e. The van der Waals surface area contributed by atoms with Gasteiger partial charge in [0.25, 0.3) is 5.91 Å². The molecule has 0 fully saturated rings. The van der Waals surface area contributed by atoms with Crippen LogP contribution >= 0.6 is 15.9 Å². The molecule has 2 aromatic rings. The Balaban J connectivity index is 2.19. The molecule has 0 radical (unpaired) electrons. The molecule has 0 spiro atoms. The summed E-state index contributed by atoms with van der Waals surface area (Å²) >= 11 is 3.37. The van der Waals surface area contributed by atoms with Gasteiger partial charge in [-0.05, 0) is 48.7 Å². The highest BCUT2D eigenvalue weighted by Gasteiger charge is 2.28. The van der Waals surface area contributed by atoms with E-state index in [2.05, 4.69) is 21.2 Å². The van der Waals surface area contributed by atoms with Crippen LogP contribution in [0.1, 0.15) is 24.5 Å². The molecular weight excluding hydrogens is 408 g/mol. The molecule has 1 unspecified atom stereocenters. The van der Waals surface area contributed by atoms with Gasteiger partial charge in [-0.15, -0.1) is 0 Å². The van der Waals surface area contributed by atoms with E-state index in [0.29, 0.717) is 18.7 Å². The molecule has 6 heteroatoms.